The minimum Gasteiger partial charge on any atom is -0.497 e. The zero-order valence-corrected chi connectivity index (χ0v) is 14.9. The molecule has 0 bridgehead atoms. The van der Waals surface area contributed by atoms with Gasteiger partial charge in [0, 0.05) is 12.1 Å². The quantitative estimate of drug-likeness (QED) is 0.700. The molecule has 0 saturated heterocycles. The SMILES string of the molecule is COC(=O)c1coc(CN(C(=O)c2ccc(OC)cc2OC)C2CC2)n1. The van der Waals surface area contributed by atoms with Crippen molar-refractivity contribution in [3.8, 4) is 11.5 Å². The van der Waals surface area contributed by atoms with Crippen LogP contribution in [0.1, 0.15) is 39.6 Å². The number of ether oxygens (including phenoxy) is 3. The summed E-state index contributed by atoms with van der Waals surface area (Å²) < 4.78 is 20.4. The third kappa shape index (κ3) is 3.63. The van der Waals surface area contributed by atoms with E-state index in [4.69, 9.17) is 13.9 Å². The highest BCUT2D eigenvalue weighted by Crippen LogP contribution is 2.33. The summed E-state index contributed by atoms with van der Waals surface area (Å²) in [6.45, 7) is 0.162. The van der Waals surface area contributed by atoms with Crippen molar-refractivity contribution in [1.29, 1.82) is 0 Å². The second-order valence-corrected chi connectivity index (χ2v) is 5.85. The van der Waals surface area contributed by atoms with Gasteiger partial charge in [-0.25, -0.2) is 9.78 Å². The lowest BCUT2D eigenvalue weighted by atomic mass is 10.1. The van der Waals surface area contributed by atoms with Crippen LogP contribution in [0.5, 0.6) is 11.5 Å². The van der Waals surface area contributed by atoms with Crippen molar-refractivity contribution in [2.24, 2.45) is 0 Å². The molecular formula is C18H20N2O6. The first kappa shape index (κ1) is 17.8. The molecule has 2 aromatic rings. The van der Waals surface area contributed by atoms with Crippen LogP contribution in [0.2, 0.25) is 0 Å². The number of oxazole rings is 1. The molecule has 8 nitrogen and oxygen atoms in total. The molecule has 138 valence electrons. The summed E-state index contributed by atoms with van der Waals surface area (Å²) in [7, 11) is 4.32. The summed E-state index contributed by atoms with van der Waals surface area (Å²) in [5, 5.41) is 0. The van der Waals surface area contributed by atoms with E-state index in [1.807, 2.05) is 0 Å². The van der Waals surface area contributed by atoms with Crippen LogP contribution in [0.15, 0.2) is 28.9 Å². The predicted octanol–water partition coefficient (Wildman–Crippen LogP) is 2.28. The highest BCUT2D eigenvalue weighted by Gasteiger charge is 2.35. The topological polar surface area (TPSA) is 91.1 Å². The Kier molecular flexibility index (Phi) is 5.11. The number of carbonyl (C=O) groups is 2. The van der Waals surface area contributed by atoms with Crippen molar-refractivity contribution in [3.63, 3.8) is 0 Å². The molecule has 8 heteroatoms. The van der Waals surface area contributed by atoms with E-state index in [9.17, 15) is 9.59 Å². The first-order chi connectivity index (χ1) is 12.6. The van der Waals surface area contributed by atoms with Gasteiger partial charge in [0.25, 0.3) is 5.91 Å². The van der Waals surface area contributed by atoms with Crippen LogP contribution in [0.25, 0.3) is 0 Å². The molecule has 1 amide bonds. The fraction of sp³-hybridized carbons (Fsp3) is 0.389. The Morgan fingerprint density at radius 3 is 2.62 bits per heavy atom. The van der Waals surface area contributed by atoms with Crippen LogP contribution in [-0.2, 0) is 11.3 Å². The number of methoxy groups -OCH3 is 3. The number of hydrogen-bond acceptors (Lipinski definition) is 7. The fourth-order valence-electron chi connectivity index (χ4n) is 2.61. The van der Waals surface area contributed by atoms with Gasteiger partial charge in [-0.1, -0.05) is 0 Å². The molecule has 1 heterocycles. The van der Waals surface area contributed by atoms with E-state index in [-0.39, 0.29) is 30.1 Å². The zero-order valence-electron chi connectivity index (χ0n) is 14.9. The molecule has 1 saturated carbocycles. The number of benzene rings is 1. The lowest BCUT2D eigenvalue weighted by molar-refractivity contribution is 0.0594. The molecule has 1 aliphatic rings. The molecule has 0 spiro atoms. The molecule has 1 aromatic carbocycles. The Hall–Kier alpha value is -3.03. The van der Waals surface area contributed by atoms with E-state index >= 15 is 0 Å². The number of esters is 1. The minimum atomic E-state index is -0.582. The number of amides is 1. The number of aromatic nitrogens is 1. The maximum absolute atomic E-state index is 13.1. The Morgan fingerprint density at radius 1 is 1.23 bits per heavy atom. The van der Waals surface area contributed by atoms with E-state index in [1.54, 1.807) is 30.2 Å². The van der Waals surface area contributed by atoms with Gasteiger partial charge in [-0.05, 0) is 25.0 Å². The summed E-state index contributed by atoms with van der Waals surface area (Å²) in [6.07, 6.45) is 3.05. The van der Waals surface area contributed by atoms with Gasteiger partial charge in [0.1, 0.15) is 17.8 Å². The number of rotatable bonds is 7. The molecule has 0 radical (unpaired) electrons. The summed E-state index contributed by atoms with van der Waals surface area (Å²) in [6, 6.07) is 5.16. The van der Waals surface area contributed by atoms with E-state index < -0.39 is 5.97 Å². The third-order valence-corrected chi connectivity index (χ3v) is 4.14. The number of nitrogens with zero attached hydrogens (tertiary/aromatic N) is 2. The first-order valence-electron chi connectivity index (χ1n) is 8.13. The van der Waals surface area contributed by atoms with Crippen LogP contribution >= 0.6 is 0 Å². The lowest BCUT2D eigenvalue weighted by Crippen LogP contribution is -2.33. The van der Waals surface area contributed by atoms with E-state index in [0.717, 1.165) is 12.8 Å². The molecule has 3 rings (SSSR count). The maximum atomic E-state index is 13.1. The van der Waals surface area contributed by atoms with Gasteiger partial charge < -0.3 is 23.5 Å². The largest absolute Gasteiger partial charge is 0.497 e. The van der Waals surface area contributed by atoms with Crippen LogP contribution in [0.3, 0.4) is 0 Å². The number of hydrogen-bond donors (Lipinski definition) is 0. The molecule has 0 atom stereocenters. The van der Waals surface area contributed by atoms with Crippen molar-refractivity contribution >= 4 is 11.9 Å². The van der Waals surface area contributed by atoms with Gasteiger partial charge in [0.05, 0.1) is 33.4 Å². The third-order valence-electron chi connectivity index (χ3n) is 4.14. The van der Waals surface area contributed by atoms with E-state index in [0.29, 0.717) is 17.1 Å². The highest BCUT2D eigenvalue weighted by molar-refractivity contribution is 5.97. The van der Waals surface area contributed by atoms with Gasteiger partial charge in [-0.3, -0.25) is 4.79 Å². The second kappa shape index (κ2) is 7.47. The van der Waals surface area contributed by atoms with Crippen molar-refractivity contribution in [2.45, 2.75) is 25.4 Å². The molecule has 1 aliphatic carbocycles. The smallest absolute Gasteiger partial charge is 0.360 e. The molecule has 26 heavy (non-hydrogen) atoms. The Morgan fingerprint density at radius 2 is 2.00 bits per heavy atom. The van der Waals surface area contributed by atoms with Crippen molar-refractivity contribution in [2.75, 3.05) is 21.3 Å². The van der Waals surface area contributed by atoms with Gasteiger partial charge >= 0.3 is 5.97 Å². The monoisotopic (exact) mass is 360 g/mol. The summed E-state index contributed by atoms with van der Waals surface area (Å²) >= 11 is 0. The van der Waals surface area contributed by atoms with Crippen LogP contribution in [0.4, 0.5) is 0 Å². The standard InChI is InChI=1S/C18H20N2O6/c1-23-12-6-7-13(15(8-12)24-2)17(21)20(11-4-5-11)9-16-19-14(10-26-16)18(22)25-3/h6-8,10-11H,4-5,9H2,1-3H3. The average Bonchev–Trinajstić information content (AvgIpc) is 3.41. The average molecular weight is 360 g/mol. The van der Waals surface area contributed by atoms with Crippen LogP contribution in [0, 0.1) is 0 Å². The van der Waals surface area contributed by atoms with Crippen molar-refractivity contribution in [3.05, 3.63) is 41.6 Å². The fourth-order valence-corrected chi connectivity index (χ4v) is 2.61. The lowest BCUT2D eigenvalue weighted by Gasteiger charge is -2.22. The van der Waals surface area contributed by atoms with Crippen LogP contribution in [-0.4, -0.2) is 49.1 Å². The van der Waals surface area contributed by atoms with Gasteiger partial charge in [0.15, 0.2) is 5.69 Å². The zero-order chi connectivity index (χ0) is 18.7. The molecule has 0 unspecified atom stereocenters. The summed E-state index contributed by atoms with van der Waals surface area (Å²) in [5.74, 6) is 0.540. The normalized spacial score (nSPS) is 13.2. The minimum absolute atomic E-state index is 0.0766. The number of carbonyl (C=O) groups excluding carboxylic acids is 2. The molecule has 0 aliphatic heterocycles. The molecule has 1 fully saturated rings. The molecule has 1 aromatic heterocycles. The second-order valence-electron chi connectivity index (χ2n) is 5.85. The Balaban J connectivity index is 1.83. The first-order valence-corrected chi connectivity index (χ1v) is 8.13. The Labute approximate surface area is 150 Å². The molecule has 0 N–H and O–H groups in total. The van der Waals surface area contributed by atoms with E-state index in [2.05, 4.69) is 9.72 Å². The van der Waals surface area contributed by atoms with E-state index in [1.165, 1.54) is 20.5 Å². The maximum Gasteiger partial charge on any atom is 0.360 e. The van der Waals surface area contributed by atoms with Gasteiger partial charge in [-0.15, -0.1) is 0 Å². The summed E-state index contributed by atoms with van der Waals surface area (Å²) in [4.78, 5) is 30.3. The molecular weight excluding hydrogens is 340 g/mol. The van der Waals surface area contributed by atoms with Gasteiger partial charge in [-0.2, -0.15) is 0 Å². The van der Waals surface area contributed by atoms with Crippen molar-refractivity contribution < 1.29 is 28.2 Å². The van der Waals surface area contributed by atoms with Gasteiger partial charge in [0.2, 0.25) is 5.89 Å². The van der Waals surface area contributed by atoms with Crippen molar-refractivity contribution in [1.82, 2.24) is 9.88 Å². The summed E-state index contributed by atoms with van der Waals surface area (Å²) in [5.41, 5.74) is 0.507. The Bertz CT molecular complexity index is 812. The predicted molar refractivity (Wildman–Crippen MR) is 90.3 cm³/mol. The highest BCUT2D eigenvalue weighted by atomic mass is 16.5. The van der Waals surface area contributed by atoms with Crippen LogP contribution < -0.4 is 9.47 Å².